The molecule has 0 bridgehead atoms. The Balaban J connectivity index is 1.27. The van der Waals surface area contributed by atoms with Crippen molar-refractivity contribution in [2.45, 2.75) is 52.1 Å². The quantitative estimate of drug-likeness (QED) is 0.346. The summed E-state index contributed by atoms with van der Waals surface area (Å²) in [5.74, 6) is 1.02. The van der Waals surface area contributed by atoms with E-state index >= 15 is 0 Å². The highest BCUT2D eigenvalue weighted by Gasteiger charge is 2.33. The number of anilines is 4. The first-order valence-electron chi connectivity index (χ1n) is 13.6. The topological polar surface area (TPSA) is 90.9 Å². The van der Waals surface area contributed by atoms with E-state index < -0.39 is 5.60 Å². The number of rotatable bonds is 4. The maximum absolute atomic E-state index is 13.3. The number of para-hydroxylation sites is 1. The Morgan fingerprint density at radius 1 is 1.10 bits per heavy atom. The van der Waals surface area contributed by atoms with Gasteiger partial charge in [-0.1, -0.05) is 35.3 Å². The minimum Gasteiger partial charge on any atom is -0.444 e. The SMILES string of the molecule is Cc1cc(Nc2ncc3c(n2)N(C)CN(c2c(Cl)cccc2Cl)C3=O)ccc1C1CCN(C(=O)OC(C)(C)C)CC1. The van der Waals surface area contributed by atoms with Crippen LogP contribution in [0.1, 0.15) is 61.0 Å². The van der Waals surface area contributed by atoms with Gasteiger partial charge in [-0.3, -0.25) is 9.69 Å². The minimum atomic E-state index is -0.495. The lowest BCUT2D eigenvalue weighted by atomic mass is 9.87. The van der Waals surface area contributed by atoms with Crippen molar-refractivity contribution in [3.05, 3.63) is 69.3 Å². The molecule has 2 amide bonds. The van der Waals surface area contributed by atoms with E-state index in [2.05, 4.69) is 34.3 Å². The number of aromatic nitrogens is 2. The predicted molar refractivity (Wildman–Crippen MR) is 163 cm³/mol. The molecule has 0 saturated carbocycles. The molecule has 1 saturated heterocycles. The number of piperidine rings is 1. The number of nitrogens with one attached hydrogen (secondary N) is 1. The fourth-order valence-electron chi connectivity index (χ4n) is 5.32. The minimum absolute atomic E-state index is 0.242. The number of halogens is 2. The van der Waals surface area contributed by atoms with E-state index in [-0.39, 0.29) is 18.7 Å². The van der Waals surface area contributed by atoms with E-state index in [0.29, 0.717) is 52.1 Å². The van der Waals surface area contributed by atoms with Crippen LogP contribution in [0.4, 0.5) is 27.9 Å². The van der Waals surface area contributed by atoms with Gasteiger partial charge < -0.3 is 19.9 Å². The maximum Gasteiger partial charge on any atom is 0.410 e. The number of fused-ring (bicyclic) bond motifs is 1. The van der Waals surface area contributed by atoms with Crippen LogP contribution in [0.15, 0.2) is 42.6 Å². The second kappa shape index (κ2) is 11.4. The molecular weight excluding hydrogens is 563 g/mol. The molecule has 5 rings (SSSR count). The van der Waals surface area contributed by atoms with Crippen LogP contribution in [0.25, 0.3) is 0 Å². The highest BCUT2D eigenvalue weighted by molar-refractivity contribution is 6.40. The van der Waals surface area contributed by atoms with Crippen LogP contribution < -0.4 is 15.1 Å². The van der Waals surface area contributed by atoms with Gasteiger partial charge >= 0.3 is 6.09 Å². The number of carbonyl (C=O) groups excluding carboxylic acids is 2. The molecule has 11 heteroatoms. The third-order valence-electron chi connectivity index (χ3n) is 7.28. The van der Waals surface area contributed by atoms with Gasteiger partial charge in [0.05, 0.1) is 22.4 Å². The second-order valence-electron chi connectivity index (χ2n) is 11.5. The first-order chi connectivity index (χ1) is 19.4. The number of benzene rings is 2. The highest BCUT2D eigenvalue weighted by atomic mass is 35.5. The van der Waals surface area contributed by atoms with Crippen molar-refractivity contribution in [3.63, 3.8) is 0 Å². The van der Waals surface area contributed by atoms with Gasteiger partial charge in [0, 0.05) is 32.0 Å². The van der Waals surface area contributed by atoms with Crippen LogP contribution in [0.5, 0.6) is 0 Å². The van der Waals surface area contributed by atoms with E-state index in [0.717, 1.165) is 24.1 Å². The summed E-state index contributed by atoms with van der Waals surface area (Å²) in [4.78, 5) is 40.0. The Hall–Kier alpha value is -3.56. The third kappa shape index (κ3) is 6.21. The molecule has 9 nitrogen and oxygen atoms in total. The van der Waals surface area contributed by atoms with Crippen molar-refractivity contribution >= 4 is 58.3 Å². The molecule has 3 heterocycles. The van der Waals surface area contributed by atoms with Crippen LogP contribution in [-0.2, 0) is 4.74 Å². The fourth-order valence-corrected chi connectivity index (χ4v) is 5.92. The zero-order chi connectivity index (χ0) is 29.5. The van der Waals surface area contributed by atoms with Crippen molar-refractivity contribution in [2.75, 3.05) is 41.9 Å². The summed E-state index contributed by atoms with van der Waals surface area (Å²) < 4.78 is 5.53. The van der Waals surface area contributed by atoms with E-state index in [1.165, 1.54) is 16.7 Å². The van der Waals surface area contributed by atoms with Gasteiger partial charge in [-0.15, -0.1) is 0 Å². The van der Waals surface area contributed by atoms with E-state index in [1.54, 1.807) is 23.1 Å². The van der Waals surface area contributed by atoms with Crippen molar-refractivity contribution in [3.8, 4) is 0 Å². The second-order valence-corrected chi connectivity index (χ2v) is 12.3. The molecule has 0 unspecified atom stereocenters. The number of hydrogen-bond donors (Lipinski definition) is 1. The summed E-state index contributed by atoms with van der Waals surface area (Å²) in [6.07, 6.45) is 3.06. The number of amides is 2. The number of nitrogens with zero attached hydrogens (tertiary/aromatic N) is 5. The first-order valence-corrected chi connectivity index (χ1v) is 14.4. The molecule has 41 heavy (non-hydrogen) atoms. The van der Waals surface area contributed by atoms with E-state index in [9.17, 15) is 9.59 Å². The van der Waals surface area contributed by atoms with Crippen LogP contribution in [0.3, 0.4) is 0 Å². The van der Waals surface area contributed by atoms with Gasteiger partial charge in [-0.25, -0.2) is 9.78 Å². The zero-order valence-electron chi connectivity index (χ0n) is 23.9. The Kier molecular flexibility index (Phi) is 8.03. The fraction of sp³-hybridized carbons (Fsp3) is 0.400. The van der Waals surface area contributed by atoms with E-state index in [4.69, 9.17) is 27.9 Å². The zero-order valence-corrected chi connectivity index (χ0v) is 25.4. The van der Waals surface area contributed by atoms with Crippen molar-refractivity contribution in [1.29, 1.82) is 0 Å². The van der Waals surface area contributed by atoms with Gasteiger partial charge in [0.25, 0.3) is 5.91 Å². The van der Waals surface area contributed by atoms with Crippen molar-refractivity contribution in [2.24, 2.45) is 0 Å². The van der Waals surface area contributed by atoms with Gasteiger partial charge in [-0.05, 0) is 81.8 Å². The Labute approximate surface area is 250 Å². The van der Waals surface area contributed by atoms with Gasteiger partial charge in [-0.2, -0.15) is 4.98 Å². The molecule has 1 aromatic heterocycles. The number of hydrogen-bond acceptors (Lipinski definition) is 7. The maximum atomic E-state index is 13.3. The summed E-state index contributed by atoms with van der Waals surface area (Å²) in [6.45, 7) is 9.34. The lowest BCUT2D eigenvalue weighted by Crippen LogP contribution is -2.46. The molecule has 0 atom stereocenters. The molecule has 2 aliphatic heterocycles. The lowest BCUT2D eigenvalue weighted by molar-refractivity contribution is 0.0204. The molecule has 2 aliphatic rings. The summed E-state index contributed by atoms with van der Waals surface area (Å²) >= 11 is 12.7. The molecule has 3 aromatic rings. The molecule has 0 spiro atoms. The third-order valence-corrected chi connectivity index (χ3v) is 7.89. The van der Waals surface area contributed by atoms with Gasteiger partial charge in [0.1, 0.15) is 17.0 Å². The molecular formula is C30H34Cl2N6O3. The average Bonchev–Trinajstić information content (AvgIpc) is 2.90. The number of aryl methyl sites for hydroxylation is 1. The highest BCUT2D eigenvalue weighted by Crippen LogP contribution is 2.38. The molecule has 216 valence electrons. The molecule has 0 radical (unpaired) electrons. The summed E-state index contributed by atoms with van der Waals surface area (Å²) in [7, 11) is 1.85. The van der Waals surface area contributed by atoms with Crippen molar-refractivity contribution < 1.29 is 14.3 Å². The van der Waals surface area contributed by atoms with Crippen LogP contribution in [0, 0.1) is 6.92 Å². The summed E-state index contributed by atoms with van der Waals surface area (Å²) in [5.41, 5.74) is 3.62. The summed E-state index contributed by atoms with van der Waals surface area (Å²) in [6, 6.07) is 11.4. The number of carbonyl (C=O) groups is 2. The number of likely N-dealkylation sites (tertiary alicyclic amines) is 1. The standard InChI is InChI=1S/C30H34Cl2N6O3/c1-18-15-20(9-10-21(18)19-11-13-37(14-12-19)29(40)41-30(2,3)4)34-28-33-16-22-26(35-28)36(5)17-38(27(22)39)25-23(31)7-6-8-24(25)32/h6-10,15-16,19H,11-14,17H2,1-5H3,(H,33,34,35). The predicted octanol–water partition coefficient (Wildman–Crippen LogP) is 7.00. The summed E-state index contributed by atoms with van der Waals surface area (Å²) in [5, 5.41) is 4.07. The normalized spacial score (nSPS) is 16.1. The smallest absolute Gasteiger partial charge is 0.410 e. The van der Waals surface area contributed by atoms with Crippen molar-refractivity contribution in [1.82, 2.24) is 14.9 Å². The first kappa shape index (κ1) is 29.0. The van der Waals surface area contributed by atoms with Gasteiger partial charge in [0.15, 0.2) is 0 Å². The van der Waals surface area contributed by atoms with E-state index in [1.807, 2.05) is 38.8 Å². The molecule has 0 aliphatic carbocycles. The molecule has 1 N–H and O–H groups in total. The van der Waals surface area contributed by atoms with Gasteiger partial charge in [0.2, 0.25) is 5.95 Å². The number of ether oxygens (including phenoxy) is 1. The lowest BCUT2D eigenvalue weighted by Gasteiger charge is -2.35. The van der Waals surface area contributed by atoms with Crippen LogP contribution in [-0.4, -0.2) is 59.3 Å². The Bertz CT molecular complexity index is 1460. The average molecular weight is 598 g/mol. The Morgan fingerprint density at radius 3 is 2.41 bits per heavy atom. The molecule has 1 fully saturated rings. The largest absolute Gasteiger partial charge is 0.444 e. The van der Waals surface area contributed by atoms with Crippen LogP contribution in [0.2, 0.25) is 10.0 Å². The Morgan fingerprint density at radius 2 is 1.78 bits per heavy atom. The monoisotopic (exact) mass is 596 g/mol. The van der Waals surface area contributed by atoms with Crippen LogP contribution >= 0.6 is 23.2 Å². The molecule has 2 aromatic carbocycles.